The highest BCUT2D eigenvalue weighted by Gasteiger charge is 2.18. The van der Waals surface area contributed by atoms with E-state index < -0.39 is 0 Å². The first-order valence-corrected chi connectivity index (χ1v) is 8.66. The van der Waals surface area contributed by atoms with Gasteiger partial charge in [0, 0.05) is 11.6 Å². The molecule has 0 fully saturated rings. The van der Waals surface area contributed by atoms with Crippen LogP contribution in [-0.4, -0.2) is 19.8 Å². The van der Waals surface area contributed by atoms with Crippen LogP contribution in [0.2, 0.25) is 0 Å². The lowest BCUT2D eigenvalue weighted by Gasteiger charge is -2.09. The molecular formula is C17H16N4OS2. The normalized spacial score (nSPS) is 11.0. The van der Waals surface area contributed by atoms with Gasteiger partial charge in [-0.3, -0.25) is 4.79 Å². The van der Waals surface area contributed by atoms with Gasteiger partial charge in [0.25, 0.3) is 5.56 Å². The average Bonchev–Trinajstić information content (AvgIpc) is 3.01. The molecule has 2 aromatic heterocycles. The Morgan fingerprint density at radius 1 is 1.21 bits per heavy atom. The first kappa shape index (κ1) is 16.5. The molecule has 3 rings (SSSR count). The van der Waals surface area contributed by atoms with E-state index in [9.17, 15) is 4.79 Å². The average molecular weight is 356 g/mol. The Bertz CT molecular complexity index is 945. The fraction of sp³-hybridized carbons (Fsp3) is 0.176. The van der Waals surface area contributed by atoms with Crippen LogP contribution in [0.1, 0.15) is 24.9 Å². The summed E-state index contributed by atoms with van der Waals surface area (Å²) in [4.78, 5) is 17.6. The van der Waals surface area contributed by atoms with Crippen molar-refractivity contribution in [3.63, 3.8) is 0 Å². The molecule has 0 unspecified atom stereocenters. The van der Waals surface area contributed by atoms with Crippen LogP contribution in [0.15, 0.2) is 47.3 Å². The van der Waals surface area contributed by atoms with E-state index in [0.29, 0.717) is 10.7 Å². The molecule has 0 aliphatic carbocycles. The Hall–Kier alpha value is -2.38. The fourth-order valence-corrected chi connectivity index (χ4v) is 3.38. The first-order chi connectivity index (χ1) is 11.5. The van der Waals surface area contributed by atoms with Crippen LogP contribution in [0.5, 0.6) is 0 Å². The summed E-state index contributed by atoms with van der Waals surface area (Å²) in [5.74, 6) is 0. The number of nitrogens with two attached hydrogens (primary N) is 1. The molecule has 0 saturated carbocycles. The second-order valence-electron chi connectivity index (χ2n) is 5.52. The molecule has 122 valence electrons. The van der Waals surface area contributed by atoms with Crippen molar-refractivity contribution >= 4 is 28.5 Å². The molecule has 0 radical (unpaired) electrons. The van der Waals surface area contributed by atoms with Gasteiger partial charge in [-0.2, -0.15) is 5.10 Å². The molecule has 7 heteroatoms. The second kappa shape index (κ2) is 6.62. The van der Waals surface area contributed by atoms with Crippen LogP contribution in [0.3, 0.4) is 0 Å². The van der Waals surface area contributed by atoms with Crippen LogP contribution in [-0.2, 0) is 0 Å². The van der Waals surface area contributed by atoms with Gasteiger partial charge < -0.3 is 5.73 Å². The number of thiocarbonyl (C=S) groups is 1. The predicted molar refractivity (Wildman–Crippen MR) is 101 cm³/mol. The van der Waals surface area contributed by atoms with Crippen molar-refractivity contribution in [3.05, 3.63) is 57.8 Å². The highest BCUT2D eigenvalue weighted by molar-refractivity contribution is 7.81. The summed E-state index contributed by atoms with van der Waals surface area (Å²) in [5.41, 5.74) is 8.03. The predicted octanol–water partition coefficient (Wildman–Crippen LogP) is 3.25. The van der Waals surface area contributed by atoms with Crippen molar-refractivity contribution in [3.8, 4) is 21.8 Å². The van der Waals surface area contributed by atoms with Gasteiger partial charge >= 0.3 is 0 Å². The van der Waals surface area contributed by atoms with Crippen LogP contribution in [0, 0.1) is 0 Å². The maximum absolute atomic E-state index is 12.0. The first-order valence-electron chi connectivity index (χ1n) is 7.43. The summed E-state index contributed by atoms with van der Waals surface area (Å²) in [7, 11) is 0. The lowest BCUT2D eigenvalue weighted by atomic mass is 10.1. The highest BCUT2D eigenvalue weighted by atomic mass is 32.1. The van der Waals surface area contributed by atoms with Crippen LogP contribution in [0.4, 0.5) is 0 Å². The van der Waals surface area contributed by atoms with Crippen LogP contribution in [0.25, 0.3) is 21.8 Å². The third kappa shape index (κ3) is 3.13. The van der Waals surface area contributed by atoms with Gasteiger partial charge in [-0.25, -0.2) is 9.67 Å². The standard InChI is InChI=1S/C17H16N4OS2/c1-10(2)21-13(22)9-8-12(20-21)15-14(11-6-4-3-5-7-11)19-17(24-15)16(18)23/h3-10H,1-2H3,(H2,18,23). The number of aromatic nitrogens is 3. The molecular weight excluding hydrogens is 340 g/mol. The van der Waals surface area contributed by atoms with Crippen molar-refractivity contribution in [2.75, 3.05) is 0 Å². The highest BCUT2D eigenvalue weighted by Crippen LogP contribution is 2.35. The van der Waals surface area contributed by atoms with E-state index in [-0.39, 0.29) is 16.6 Å². The number of rotatable bonds is 4. The summed E-state index contributed by atoms with van der Waals surface area (Å²) in [6.07, 6.45) is 0. The molecule has 2 heterocycles. The zero-order chi connectivity index (χ0) is 17.3. The van der Waals surface area contributed by atoms with Gasteiger partial charge in [-0.15, -0.1) is 11.3 Å². The third-order valence-electron chi connectivity index (χ3n) is 3.43. The van der Waals surface area contributed by atoms with E-state index in [0.717, 1.165) is 16.1 Å². The number of thiazole rings is 1. The molecule has 1 aromatic carbocycles. The molecule has 5 nitrogen and oxygen atoms in total. The summed E-state index contributed by atoms with van der Waals surface area (Å²) in [6, 6.07) is 13.0. The van der Waals surface area contributed by atoms with E-state index in [1.54, 1.807) is 6.07 Å². The number of nitrogens with zero attached hydrogens (tertiary/aromatic N) is 3. The van der Waals surface area contributed by atoms with Gasteiger partial charge in [-0.1, -0.05) is 42.5 Å². The van der Waals surface area contributed by atoms with Crippen LogP contribution < -0.4 is 11.3 Å². The molecule has 3 aromatic rings. The topological polar surface area (TPSA) is 73.8 Å². The van der Waals surface area contributed by atoms with Crippen molar-refractivity contribution in [1.82, 2.24) is 14.8 Å². The zero-order valence-electron chi connectivity index (χ0n) is 13.3. The molecule has 24 heavy (non-hydrogen) atoms. The largest absolute Gasteiger partial charge is 0.387 e. The maximum Gasteiger partial charge on any atom is 0.267 e. The Balaban J connectivity index is 2.22. The van der Waals surface area contributed by atoms with Gasteiger partial charge in [-0.05, 0) is 19.9 Å². The molecule has 0 aliphatic heterocycles. The van der Waals surface area contributed by atoms with Crippen molar-refractivity contribution in [2.45, 2.75) is 19.9 Å². The number of hydrogen-bond acceptors (Lipinski definition) is 5. The Kier molecular flexibility index (Phi) is 4.55. The van der Waals surface area contributed by atoms with Crippen molar-refractivity contribution in [2.24, 2.45) is 5.73 Å². The van der Waals surface area contributed by atoms with Gasteiger partial charge in [0.2, 0.25) is 0 Å². The summed E-state index contributed by atoms with van der Waals surface area (Å²) in [6.45, 7) is 3.84. The van der Waals surface area contributed by atoms with E-state index in [4.69, 9.17) is 18.0 Å². The Morgan fingerprint density at radius 3 is 2.54 bits per heavy atom. The van der Waals surface area contributed by atoms with E-state index in [2.05, 4.69) is 10.1 Å². The van der Waals surface area contributed by atoms with Gasteiger partial charge in [0.05, 0.1) is 16.6 Å². The van der Waals surface area contributed by atoms with E-state index in [1.807, 2.05) is 44.2 Å². The molecule has 0 saturated heterocycles. The quantitative estimate of drug-likeness (QED) is 0.727. The SMILES string of the molecule is CC(C)n1nc(-c2sc(C(N)=S)nc2-c2ccccc2)ccc1=O. The van der Waals surface area contributed by atoms with Crippen LogP contribution >= 0.6 is 23.6 Å². The molecule has 0 spiro atoms. The maximum atomic E-state index is 12.0. The minimum Gasteiger partial charge on any atom is -0.387 e. The lowest BCUT2D eigenvalue weighted by molar-refractivity contribution is 0.505. The summed E-state index contributed by atoms with van der Waals surface area (Å²) < 4.78 is 1.46. The molecule has 0 amide bonds. The Morgan fingerprint density at radius 2 is 1.92 bits per heavy atom. The summed E-state index contributed by atoms with van der Waals surface area (Å²) >= 11 is 6.46. The van der Waals surface area contributed by atoms with Gasteiger partial charge in [0.15, 0.2) is 5.01 Å². The smallest absolute Gasteiger partial charge is 0.267 e. The van der Waals surface area contributed by atoms with Gasteiger partial charge in [0.1, 0.15) is 10.7 Å². The minimum absolute atomic E-state index is 0.0272. The summed E-state index contributed by atoms with van der Waals surface area (Å²) in [5, 5.41) is 5.08. The molecule has 0 atom stereocenters. The monoisotopic (exact) mass is 356 g/mol. The third-order valence-corrected chi connectivity index (χ3v) is 4.87. The zero-order valence-corrected chi connectivity index (χ0v) is 14.9. The molecule has 0 aliphatic rings. The molecule has 2 N–H and O–H groups in total. The fourth-order valence-electron chi connectivity index (χ4n) is 2.31. The number of benzene rings is 1. The van der Waals surface area contributed by atoms with E-state index in [1.165, 1.54) is 22.1 Å². The van der Waals surface area contributed by atoms with Crippen molar-refractivity contribution in [1.29, 1.82) is 0 Å². The minimum atomic E-state index is -0.130. The Labute approximate surface area is 148 Å². The lowest BCUT2D eigenvalue weighted by Crippen LogP contribution is -2.23. The van der Waals surface area contributed by atoms with Crippen molar-refractivity contribution < 1.29 is 0 Å². The number of hydrogen-bond donors (Lipinski definition) is 1. The molecule has 0 bridgehead atoms. The van der Waals surface area contributed by atoms with E-state index >= 15 is 0 Å². The second-order valence-corrected chi connectivity index (χ2v) is 6.96.